The molecule has 3 aromatic rings. The third-order valence-corrected chi connectivity index (χ3v) is 4.56. The summed E-state index contributed by atoms with van der Waals surface area (Å²) in [7, 11) is 0. The first-order chi connectivity index (χ1) is 11.9. The van der Waals surface area contributed by atoms with Crippen LogP contribution in [0.5, 0.6) is 0 Å². The molecule has 25 heavy (non-hydrogen) atoms. The van der Waals surface area contributed by atoms with Gasteiger partial charge in [-0.1, -0.05) is 12.1 Å². The second-order valence-electron chi connectivity index (χ2n) is 5.31. The lowest BCUT2D eigenvalue weighted by Gasteiger charge is -2.13. The van der Waals surface area contributed by atoms with Crippen LogP contribution in [0, 0.1) is 11.6 Å². The van der Waals surface area contributed by atoms with Crippen molar-refractivity contribution >= 4 is 39.0 Å². The van der Waals surface area contributed by atoms with Crippen LogP contribution in [-0.2, 0) is 9.53 Å². The van der Waals surface area contributed by atoms with E-state index in [0.29, 0.717) is 5.39 Å². The molecular weight excluding hydrogens is 348 g/mol. The van der Waals surface area contributed by atoms with Gasteiger partial charge in [-0.2, -0.15) is 0 Å². The van der Waals surface area contributed by atoms with Crippen LogP contribution in [0.2, 0.25) is 0 Å². The fourth-order valence-electron chi connectivity index (χ4n) is 2.18. The molecule has 4 nitrogen and oxygen atoms in total. The Balaban J connectivity index is 1.68. The summed E-state index contributed by atoms with van der Waals surface area (Å²) in [6.45, 7) is 1.39. The van der Waals surface area contributed by atoms with Gasteiger partial charge >= 0.3 is 5.97 Å². The minimum atomic E-state index is -1.12. The summed E-state index contributed by atoms with van der Waals surface area (Å²) in [6.07, 6.45) is -1.12. The van der Waals surface area contributed by atoms with Gasteiger partial charge < -0.3 is 10.1 Å². The Morgan fingerprint density at radius 1 is 1.12 bits per heavy atom. The molecule has 0 radical (unpaired) electrons. The Labute approximate surface area is 146 Å². The molecular formula is C18H13F2NO3S. The molecule has 0 aliphatic heterocycles. The molecule has 0 spiro atoms. The number of hydrogen-bond acceptors (Lipinski definition) is 4. The predicted molar refractivity (Wildman–Crippen MR) is 91.7 cm³/mol. The molecule has 0 aliphatic carbocycles. The highest BCUT2D eigenvalue weighted by molar-refractivity contribution is 7.20. The standard InChI is InChI=1S/C18H13F2NO3S/c1-10(17(22)21-14-5-3-2-4-13(14)20)24-18(23)16-9-11-8-12(19)6-7-15(11)25-16/h2-10H,1H3,(H,21,22)/t10-/m0/s1. The van der Waals surface area contributed by atoms with Gasteiger partial charge in [0.05, 0.1) is 5.69 Å². The van der Waals surface area contributed by atoms with Crippen LogP contribution in [0.15, 0.2) is 48.5 Å². The molecule has 1 atom stereocenters. The number of hydrogen-bond donors (Lipinski definition) is 1. The van der Waals surface area contributed by atoms with Crippen molar-refractivity contribution in [2.45, 2.75) is 13.0 Å². The van der Waals surface area contributed by atoms with E-state index in [1.807, 2.05) is 0 Å². The molecule has 0 fully saturated rings. The lowest BCUT2D eigenvalue weighted by atomic mass is 10.2. The highest BCUT2D eigenvalue weighted by atomic mass is 32.1. The van der Waals surface area contributed by atoms with E-state index in [1.54, 1.807) is 12.1 Å². The average Bonchev–Trinajstić information content (AvgIpc) is 3.00. The first-order valence-electron chi connectivity index (χ1n) is 7.39. The number of fused-ring (bicyclic) bond motifs is 1. The Hall–Kier alpha value is -2.80. The zero-order chi connectivity index (χ0) is 18.0. The molecule has 0 saturated heterocycles. The second-order valence-corrected chi connectivity index (χ2v) is 6.39. The molecule has 0 saturated carbocycles. The quantitative estimate of drug-likeness (QED) is 0.703. The number of amides is 1. The van der Waals surface area contributed by atoms with E-state index in [1.165, 1.54) is 43.3 Å². The molecule has 7 heteroatoms. The summed E-state index contributed by atoms with van der Waals surface area (Å²) < 4.78 is 32.6. The largest absolute Gasteiger partial charge is 0.448 e. The zero-order valence-electron chi connectivity index (χ0n) is 13.1. The first-order valence-corrected chi connectivity index (χ1v) is 8.21. The van der Waals surface area contributed by atoms with Crippen molar-refractivity contribution in [3.05, 3.63) is 65.0 Å². The van der Waals surface area contributed by atoms with Crippen molar-refractivity contribution in [1.82, 2.24) is 0 Å². The average molecular weight is 361 g/mol. The molecule has 0 bridgehead atoms. The number of anilines is 1. The zero-order valence-corrected chi connectivity index (χ0v) is 13.9. The van der Waals surface area contributed by atoms with Crippen molar-refractivity contribution in [3.8, 4) is 0 Å². The number of para-hydroxylation sites is 1. The summed E-state index contributed by atoms with van der Waals surface area (Å²) in [6, 6.07) is 11.4. The highest BCUT2D eigenvalue weighted by Gasteiger charge is 2.21. The first kappa shape index (κ1) is 17.0. The number of benzene rings is 2. The van der Waals surface area contributed by atoms with Crippen LogP contribution in [-0.4, -0.2) is 18.0 Å². The van der Waals surface area contributed by atoms with Gasteiger partial charge in [-0.05, 0) is 48.7 Å². The molecule has 1 N–H and O–H groups in total. The highest BCUT2D eigenvalue weighted by Crippen LogP contribution is 2.27. The van der Waals surface area contributed by atoms with E-state index in [4.69, 9.17) is 4.74 Å². The normalized spacial score (nSPS) is 12.0. The molecule has 1 heterocycles. The number of rotatable bonds is 4. The fraction of sp³-hybridized carbons (Fsp3) is 0.111. The summed E-state index contributed by atoms with van der Waals surface area (Å²) in [5.41, 5.74) is 0.00716. The van der Waals surface area contributed by atoms with Gasteiger partial charge in [0.2, 0.25) is 0 Å². The molecule has 0 unspecified atom stereocenters. The van der Waals surface area contributed by atoms with E-state index >= 15 is 0 Å². The van der Waals surface area contributed by atoms with Crippen molar-refractivity contribution in [2.75, 3.05) is 5.32 Å². The fourth-order valence-corrected chi connectivity index (χ4v) is 3.11. The SMILES string of the molecule is C[C@H](OC(=O)c1cc2cc(F)ccc2s1)C(=O)Nc1ccccc1F. The van der Waals surface area contributed by atoms with Crippen LogP contribution >= 0.6 is 11.3 Å². The van der Waals surface area contributed by atoms with Crippen molar-refractivity contribution < 1.29 is 23.1 Å². The van der Waals surface area contributed by atoms with Crippen LogP contribution < -0.4 is 5.32 Å². The maximum Gasteiger partial charge on any atom is 0.349 e. The third-order valence-electron chi connectivity index (χ3n) is 3.46. The maximum atomic E-state index is 13.5. The number of carbonyl (C=O) groups excluding carboxylic acids is 2. The lowest BCUT2D eigenvalue weighted by molar-refractivity contribution is -0.123. The van der Waals surface area contributed by atoms with E-state index in [0.717, 1.165) is 16.0 Å². The maximum absolute atomic E-state index is 13.5. The molecule has 1 aromatic heterocycles. The van der Waals surface area contributed by atoms with Gasteiger partial charge in [0.25, 0.3) is 5.91 Å². The van der Waals surface area contributed by atoms with Gasteiger partial charge in [-0.25, -0.2) is 13.6 Å². The summed E-state index contributed by atoms with van der Waals surface area (Å²) in [5.74, 6) is -2.33. The topological polar surface area (TPSA) is 55.4 Å². The smallest absolute Gasteiger partial charge is 0.349 e. The Bertz CT molecular complexity index is 954. The third kappa shape index (κ3) is 3.83. The second kappa shape index (κ2) is 6.98. The van der Waals surface area contributed by atoms with Crippen LogP contribution in [0.25, 0.3) is 10.1 Å². The Morgan fingerprint density at radius 2 is 1.88 bits per heavy atom. The molecule has 2 aromatic carbocycles. The lowest BCUT2D eigenvalue weighted by Crippen LogP contribution is -2.30. The van der Waals surface area contributed by atoms with Crippen molar-refractivity contribution in [1.29, 1.82) is 0 Å². The molecule has 0 aliphatic rings. The van der Waals surface area contributed by atoms with Gasteiger partial charge in [0.1, 0.15) is 16.5 Å². The van der Waals surface area contributed by atoms with E-state index < -0.39 is 29.6 Å². The predicted octanol–water partition coefficient (Wildman–Crippen LogP) is 4.36. The van der Waals surface area contributed by atoms with Gasteiger partial charge in [0.15, 0.2) is 6.10 Å². The number of carbonyl (C=O) groups is 2. The number of nitrogens with one attached hydrogen (secondary N) is 1. The van der Waals surface area contributed by atoms with Gasteiger partial charge in [-0.3, -0.25) is 4.79 Å². The van der Waals surface area contributed by atoms with Gasteiger partial charge in [0, 0.05) is 4.70 Å². The van der Waals surface area contributed by atoms with E-state index in [9.17, 15) is 18.4 Å². The van der Waals surface area contributed by atoms with Crippen LogP contribution in [0.4, 0.5) is 14.5 Å². The number of thiophene rings is 1. The Kier molecular flexibility index (Phi) is 4.76. The summed E-state index contributed by atoms with van der Waals surface area (Å²) >= 11 is 1.14. The minimum absolute atomic E-state index is 0.00716. The van der Waals surface area contributed by atoms with Gasteiger partial charge in [-0.15, -0.1) is 11.3 Å². The number of ether oxygens (including phenoxy) is 1. The van der Waals surface area contributed by atoms with E-state index in [-0.39, 0.29) is 10.6 Å². The molecule has 3 rings (SSSR count). The van der Waals surface area contributed by atoms with Crippen molar-refractivity contribution in [3.63, 3.8) is 0 Å². The molecule has 1 amide bonds. The summed E-state index contributed by atoms with van der Waals surface area (Å²) in [4.78, 5) is 24.5. The van der Waals surface area contributed by atoms with Crippen LogP contribution in [0.1, 0.15) is 16.6 Å². The minimum Gasteiger partial charge on any atom is -0.448 e. The van der Waals surface area contributed by atoms with Crippen LogP contribution in [0.3, 0.4) is 0 Å². The van der Waals surface area contributed by atoms with Crippen molar-refractivity contribution in [2.24, 2.45) is 0 Å². The monoisotopic (exact) mass is 361 g/mol. The van der Waals surface area contributed by atoms with E-state index in [2.05, 4.69) is 5.32 Å². The number of esters is 1. The summed E-state index contributed by atoms with van der Waals surface area (Å²) in [5, 5.41) is 2.95. The number of halogens is 2. The Morgan fingerprint density at radius 3 is 2.64 bits per heavy atom. The molecule has 128 valence electrons.